The Morgan fingerprint density at radius 3 is 2.90 bits per heavy atom. The molecule has 6 nitrogen and oxygen atoms in total. The average Bonchev–Trinajstić information content (AvgIpc) is 2.80. The molecule has 0 radical (unpaired) electrons. The first kappa shape index (κ1) is 14.8. The van der Waals surface area contributed by atoms with Gasteiger partial charge < -0.3 is 5.32 Å². The number of rotatable bonds is 7. The van der Waals surface area contributed by atoms with E-state index in [1.54, 1.807) is 4.57 Å². The molecule has 0 aliphatic heterocycles. The molecule has 0 saturated heterocycles. The summed E-state index contributed by atoms with van der Waals surface area (Å²) in [6, 6.07) is 3.99. The summed E-state index contributed by atoms with van der Waals surface area (Å²) in [5.74, 6) is 0. The first-order chi connectivity index (χ1) is 9.74. The molecule has 0 aromatic carbocycles. The molecule has 0 atom stereocenters. The Labute approximate surface area is 122 Å². The minimum Gasteiger partial charge on any atom is -0.313 e. The molecule has 108 valence electrons. The highest BCUT2D eigenvalue weighted by Gasteiger charge is 2.09. The molecule has 0 amide bonds. The number of nitrogens with zero attached hydrogens (tertiary/aromatic N) is 3. The van der Waals surface area contributed by atoms with Crippen LogP contribution in [0, 0.1) is 0 Å². The third-order valence-corrected chi connectivity index (χ3v) is 3.69. The molecule has 2 rings (SSSR count). The molecule has 0 aliphatic rings. The van der Waals surface area contributed by atoms with Gasteiger partial charge in [-0.1, -0.05) is 19.9 Å². The number of H-pyrrole nitrogens is 1. The van der Waals surface area contributed by atoms with Crippen molar-refractivity contribution in [1.82, 2.24) is 25.1 Å². The van der Waals surface area contributed by atoms with Crippen molar-refractivity contribution in [3.8, 4) is 0 Å². The molecular formula is C13H19N5OS. The van der Waals surface area contributed by atoms with Gasteiger partial charge in [-0.3, -0.25) is 4.57 Å². The Bertz CT molecular complexity index is 590. The lowest BCUT2D eigenvalue weighted by Crippen LogP contribution is -2.17. The van der Waals surface area contributed by atoms with Crippen LogP contribution in [0.15, 0.2) is 33.3 Å². The number of hydrogen-bond acceptors (Lipinski definition) is 5. The highest BCUT2D eigenvalue weighted by Crippen LogP contribution is 2.23. The number of nitrogens with one attached hydrogen (secondary N) is 2. The lowest BCUT2D eigenvalue weighted by atomic mass is 10.3. The predicted octanol–water partition coefficient (Wildman–Crippen LogP) is 1.64. The fourth-order valence-corrected chi connectivity index (χ4v) is 2.54. The van der Waals surface area contributed by atoms with Crippen molar-refractivity contribution >= 4 is 11.8 Å². The Kier molecular flexibility index (Phi) is 5.37. The van der Waals surface area contributed by atoms with Crippen LogP contribution in [0.25, 0.3) is 0 Å². The zero-order valence-electron chi connectivity index (χ0n) is 11.7. The smallest absolute Gasteiger partial charge is 0.313 e. The van der Waals surface area contributed by atoms with Crippen molar-refractivity contribution < 1.29 is 0 Å². The summed E-state index contributed by atoms with van der Waals surface area (Å²) >= 11 is 1.40. The van der Waals surface area contributed by atoms with Crippen molar-refractivity contribution in [1.29, 1.82) is 0 Å². The number of pyridine rings is 1. The Morgan fingerprint density at radius 2 is 2.25 bits per heavy atom. The van der Waals surface area contributed by atoms with Crippen molar-refractivity contribution in [3.05, 3.63) is 34.4 Å². The van der Waals surface area contributed by atoms with E-state index in [1.807, 2.05) is 25.3 Å². The van der Waals surface area contributed by atoms with E-state index in [0.29, 0.717) is 11.7 Å². The van der Waals surface area contributed by atoms with Crippen LogP contribution in [0.4, 0.5) is 0 Å². The van der Waals surface area contributed by atoms with E-state index in [9.17, 15) is 4.79 Å². The Balaban J connectivity index is 2.08. The van der Waals surface area contributed by atoms with Gasteiger partial charge in [0.2, 0.25) is 0 Å². The van der Waals surface area contributed by atoms with E-state index in [-0.39, 0.29) is 5.69 Å². The first-order valence-electron chi connectivity index (χ1n) is 6.73. The van der Waals surface area contributed by atoms with E-state index in [1.165, 1.54) is 11.8 Å². The van der Waals surface area contributed by atoms with E-state index < -0.39 is 0 Å². The molecule has 20 heavy (non-hydrogen) atoms. The highest BCUT2D eigenvalue weighted by molar-refractivity contribution is 7.99. The molecule has 2 N–H and O–H groups in total. The van der Waals surface area contributed by atoms with Crippen molar-refractivity contribution in [2.75, 3.05) is 6.54 Å². The van der Waals surface area contributed by atoms with Gasteiger partial charge in [-0.25, -0.2) is 14.9 Å². The molecule has 2 aromatic heterocycles. The van der Waals surface area contributed by atoms with E-state index in [2.05, 4.69) is 27.4 Å². The molecule has 2 heterocycles. The van der Waals surface area contributed by atoms with Crippen LogP contribution < -0.4 is 11.0 Å². The third-order valence-electron chi connectivity index (χ3n) is 2.74. The quantitative estimate of drug-likeness (QED) is 0.811. The second kappa shape index (κ2) is 7.25. The Hall–Kier alpha value is -1.60. The van der Waals surface area contributed by atoms with E-state index in [4.69, 9.17) is 0 Å². The largest absolute Gasteiger partial charge is 0.343 e. The lowest BCUT2D eigenvalue weighted by Gasteiger charge is -2.04. The zero-order valence-corrected chi connectivity index (χ0v) is 12.5. The minimum absolute atomic E-state index is 0.168. The summed E-state index contributed by atoms with van der Waals surface area (Å²) in [6.45, 7) is 6.52. The fraction of sp³-hybridized carbons (Fsp3) is 0.462. The molecule has 2 aromatic rings. The van der Waals surface area contributed by atoms with Crippen LogP contribution in [-0.2, 0) is 13.1 Å². The molecule has 7 heteroatoms. The number of aromatic amines is 1. The predicted molar refractivity (Wildman–Crippen MR) is 78.9 cm³/mol. The molecule has 0 fully saturated rings. The van der Waals surface area contributed by atoms with Gasteiger partial charge in [0.15, 0.2) is 5.16 Å². The summed E-state index contributed by atoms with van der Waals surface area (Å²) in [4.78, 5) is 16.0. The van der Waals surface area contributed by atoms with Gasteiger partial charge in [-0.15, -0.1) is 5.10 Å². The standard InChI is InChI=1S/C13H19N5OS/c1-3-7-18-12(19)16-17-13(18)20-11-6-5-10(9-15-11)8-14-4-2/h5-6,9,14H,3-4,7-8H2,1-2H3,(H,16,19). The monoisotopic (exact) mass is 293 g/mol. The van der Waals surface area contributed by atoms with E-state index in [0.717, 1.165) is 30.1 Å². The fourth-order valence-electron chi connectivity index (χ4n) is 1.74. The topological polar surface area (TPSA) is 75.6 Å². The maximum atomic E-state index is 11.6. The van der Waals surface area contributed by atoms with Crippen molar-refractivity contribution in [2.45, 2.75) is 43.5 Å². The Morgan fingerprint density at radius 1 is 1.40 bits per heavy atom. The second-order valence-corrected chi connectivity index (χ2v) is 5.34. The third kappa shape index (κ3) is 3.71. The van der Waals surface area contributed by atoms with Crippen molar-refractivity contribution in [3.63, 3.8) is 0 Å². The van der Waals surface area contributed by atoms with Gasteiger partial charge in [-0.2, -0.15) is 0 Å². The molecule has 0 saturated carbocycles. The van der Waals surface area contributed by atoms with Crippen LogP contribution in [0.1, 0.15) is 25.8 Å². The summed E-state index contributed by atoms with van der Waals surface area (Å²) in [5.41, 5.74) is 0.974. The van der Waals surface area contributed by atoms with Gasteiger partial charge in [0.25, 0.3) is 0 Å². The molecule has 0 bridgehead atoms. The van der Waals surface area contributed by atoms with Gasteiger partial charge >= 0.3 is 5.69 Å². The molecule has 0 aliphatic carbocycles. The maximum absolute atomic E-state index is 11.6. The van der Waals surface area contributed by atoms with E-state index >= 15 is 0 Å². The van der Waals surface area contributed by atoms with Gasteiger partial charge in [-0.05, 0) is 36.4 Å². The SMILES string of the molecule is CCCn1c(Sc2ccc(CNCC)cn2)n[nH]c1=O. The van der Waals surface area contributed by atoms with Crippen LogP contribution in [0.2, 0.25) is 0 Å². The average molecular weight is 293 g/mol. The minimum atomic E-state index is -0.168. The van der Waals surface area contributed by atoms with Gasteiger partial charge in [0.05, 0.1) is 0 Å². The van der Waals surface area contributed by atoms with Gasteiger partial charge in [0, 0.05) is 19.3 Å². The molecule has 0 spiro atoms. The van der Waals surface area contributed by atoms with Crippen LogP contribution in [-0.4, -0.2) is 26.3 Å². The molecule has 0 unspecified atom stereocenters. The van der Waals surface area contributed by atoms with Gasteiger partial charge in [0.1, 0.15) is 5.03 Å². The van der Waals surface area contributed by atoms with Crippen LogP contribution in [0.5, 0.6) is 0 Å². The van der Waals surface area contributed by atoms with Crippen LogP contribution >= 0.6 is 11.8 Å². The zero-order chi connectivity index (χ0) is 14.4. The summed E-state index contributed by atoms with van der Waals surface area (Å²) in [6.07, 6.45) is 2.74. The summed E-state index contributed by atoms with van der Waals surface area (Å²) < 4.78 is 1.64. The highest BCUT2D eigenvalue weighted by atomic mass is 32.2. The summed E-state index contributed by atoms with van der Waals surface area (Å²) in [7, 11) is 0. The second-order valence-electron chi connectivity index (χ2n) is 4.35. The summed E-state index contributed by atoms with van der Waals surface area (Å²) in [5, 5.41) is 11.3. The van der Waals surface area contributed by atoms with Crippen LogP contribution in [0.3, 0.4) is 0 Å². The lowest BCUT2D eigenvalue weighted by molar-refractivity contribution is 0.603. The van der Waals surface area contributed by atoms with Crippen molar-refractivity contribution in [2.24, 2.45) is 0 Å². The number of hydrogen-bond donors (Lipinski definition) is 2. The maximum Gasteiger partial charge on any atom is 0.343 e. The normalized spacial score (nSPS) is 10.9. The number of aromatic nitrogens is 4. The molecular weight excluding hydrogens is 274 g/mol. The first-order valence-corrected chi connectivity index (χ1v) is 7.55.